The summed E-state index contributed by atoms with van der Waals surface area (Å²) in [4.78, 5) is 11.3. The number of unbranched alkanes of at least 4 members (excludes halogenated alkanes) is 5. The van der Waals surface area contributed by atoms with Gasteiger partial charge in [-0.05, 0) is 43.0 Å². The van der Waals surface area contributed by atoms with E-state index < -0.39 is 0 Å². The Labute approximate surface area is 166 Å². The predicted molar refractivity (Wildman–Crippen MR) is 115 cm³/mol. The molecule has 0 saturated carbocycles. The van der Waals surface area contributed by atoms with E-state index in [4.69, 9.17) is 0 Å². The average molecular weight is 384 g/mol. The van der Waals surface area contributed by atoms with E-state index in [1.807, 2.05) is 47.0 Å². The fourth-order valence-electron chi connectivity index (χ4n) is 3.30. The van der Waals surface area contributed by atoms with Crippen LogP contribution in [0.3, 0.4) is 0 Å². The van der Waals surface area contributed by atoms with Crippen LogP contribution in [0.2, 0.25) is 0 Å². The van der Waals surface area contributed by atoms with Crippen molar-refractivity contribution in [3.05, 3.63) is 49.1 Å². The molecule has 0 fully saturated rings. The molecule has 0 aliphatic heterocycles. The van der Waals surface area contributed by atoms with Gasteiger partial charge in [-0.1, -0.05) is 37.8 Å². The summed E-state index contributed by atoms with van der Waals surface area (Å²) < 4.78 is 1.96. The van der Waals surface area contributed by atoms with Gasteiger partial charge < -0.3 is 4.90 Å². The third-order valence-electron chi connectivity index (χ3n) is 4.72. The maximum atomic E-state index is 4.61. The number of hydrogen-bond acceptors (Lipinski definition) is 5. The van der Waals surface area contributed by atoms with Gasteiger partial charge in [0.1, 0.15) is 18.8 Å². The molecule has 0 spiro atoms. The van der Waals surface area contributed by atoms with Gasteiger partial charge in [-0.2, -0.15) is 16.9 Å². The van der Waals surface area contributed by atoms with E-state index in [1.54, 1.807) is 6.33 Å². The van der Waals surface area contributed by atoms with Crippen LogP contribution in [-0.4, -0.2) is 38.3 Å². The Bertz CT molecular complexity index is 785. The summed E-state index contributed by atoms with van der Waals surface area (Å²) in [6, 6.07) is 10.2. The third kappa shape index (κ3) is 5.96. The van der Waals surface area contributed by atoms with Gasteiger partial charge in [0, 0.05) is 24.3 Å². The molecular weight excluding hydrogens is 354 g/mol. The average Bonchev–Trinajstić information content (AvgIpc) is 3.22. The van der Waals surface area contributed by atoms with Gasteiger partial charge in [0.25, 0.3) is 0 Å². The Hall–Kier alpha value is -2.08. The number of para-hydroxylation sites is 1. The molecule has 0 amide bonds. The Kier molecular flexibility index (Phi) is 7.96. The number of hydrogen-bond donors (Lipinski definition) is 0. The molecule has 0 radical (unpaired) electrons. The first-order chi connectivity index (χ1) is 13.4. The zero-order valence-electron chi connectivity index (χ0n) is 16.1. The molecule has 0 aliphatic rings. The molecule has 144 valence electrons. The number of anilines is 1. The summed E-state index contributed by atoms with van der Waals surface area (Å²) in [7, 11) is 0. The molecule has 2 heterocycles. The molecule has 0 saturated heterocycles. The highest BCUT2D eigenvalue weighted by Crippen LogP contribution is 2.23. The molecule has 2 aromatic heterocycles. The SMILES string of the molecule is CSCCCCCCCCN(Cn1cccn1)c1ncnc2ccccc12. The monoisotopic (exact) mass is 383 g/mol. The van der Waals surface area contributed by atoms with Gasteiger partial charge in [-0.15, -0.1) is 0 Å². The van der Waals surface area contributed by atoms with Crippen molar-refractivity contribution >= 4 is 28.5 Å². The van der Waals surface area contributed by atoms with Crippen LogP contribution in [0.1, 0.15) is 38.5 Å². The number of thioether (sulfide) groups is 1. The number of nitrogens with zero attached hydrogens (tertiary/aromatic N) is 5. The second-order valence-corrected chi connectivity index (χ2v) is 7.76. The van der Waals surface area contributed by atoms with Gasteiger partial charge in [0.15, 0.2) is 0 Å². The summed E-state index contributed by atoms with van der Waals surface area (Å²) in [6.07, 6.45) is 15.5. The topological polar surface area (TPSA) is 46.8 Å². The minimum Gasteiger partial charge on any atom is -0.336 e. The van der Waals surface area contributed by atoms with Gasteiger partial charge in [-0.3, -0.25) is 4.68 Å². The first-order valence-corrected chi connectivity index (χ1v) is 11.2. The first kappa shape index (κ1) is 19.7. The first-order valence-electron chi connectivity index (χ1n) is 9.79. The summed E-state index contributed by atoms with van der Waals surface area (Å²) in [5.74, 6) is 2.29. The highest BCUT2D eigenvalue weighted by molar-refractivity contribution is 7.98. The maximum Gasteiger partial charge on any atom is 0.141 e. The zero-order valence-corrected chi connectivity index (χ0v) is 16.9. The normalized spacial score (nSPS) is 11.1. The van der Waals surface area contributed by atoms with Crippen LogP contribution in [0.4, 0.5) is 5.82 Å². The largest absolute Gasteiger partial charge is 0.336 e. The lowest BCUT2D eigenvalue weighted by Crippen LogP contribution is -2.28. The molecule has 6 heteroatoms. The summed E-state index contributed by atoms with van der Waals surface area (Å²) in [5, 5.41) is 5.48. The molecule has 0 unspecified atom stereocenters. The third-order valence-corrected chi connectivity index (χ3v) is 5.42. The van der Waals surface area contributed by atoms with Crippen LogP contribution in [0.15, 0.2) is 49.1 Å². The Morgan fingerprint density at radius 2 is 1.78 bits per heavy atom. The van der Waals surface area contributed by atoms with Gasteiger partial charge >= 0.3 is 0 Å². The molecule has 27 heavy (non-hydrogen) atoms. The van der Waals surface area contributed by atoms with E-state index in [0.717, 1.165) is 23.3 Å². The quantitative estimate of drug-likeness (QED) is 0.412. The lowest BCUT2D eigenvalue weighted by atomic mass is 10.1. The van der Waals surface area contributed by atoms with Crippen LogP contribution in [0.25, 0.3) is 10.9 Å². The highest BCUT2D eigenvalue weighted by Gasteiger charge is 2.13. The number of rotatable bonds is 12. The zero-order chi connectivity index (χ0) is 18.7. The number of fused-ring (bicyclic) bond motifs is 1. The van der Waals surface area contributed by atoms with Crippen LogP contribution >= 0.6 is 11.8 Å². The summed E-state index contributed by atoms with van der Waals surface area (Å²) >= 11 is 1.95. The molecule has 5 nitrogen and oxygen atoms in total. The van der Waals surface area contributed by atoms with Crippen molar-refractivity contribution in [2.24, 2.45) is 0 Å². The van der Waals surface area contributed by atoms with Crippen LogP contribution in [-0.2, 0) is 6.67 Å². The van der Waals surface area contributed by atoms with E-state index in [-0.39, 0.29) is 0 Å². The fourth-order valence-corrected chi connectivity index (χ4v) is 3.79. The molecule has 1 aromatic carbocycles. The highest BCUT2D eigenvalue weighted by atomic mass is 32.2. The van der Waals surface area contributed by atoms with Crippen molar-refractivity contribution in [3.8, 4) is 0 Å². The fraction of sp³-hybridized carbons (Fsp3) is 0.476. The minimum absolute atomic E-state index is 0.710. The van der Waals surface area contributed by atoms with E-state index >= 15 is 0 Å². The lowest BCUT2D eigenvalue weighted by Gasteiger charge is -2.24. The van der Waals surface area contributed by atoms with Crippen molar-refractivity contribution in [2.45, 2.75) is 45.2 Å². The van der Waals surface area contributed by atoms with E-state index in [9.17, 15) is 0 Å². The van der Waals surface area contributed by atoms with E-state index in [1.165, 1.54) is 44.3 Å². The van der Waals surface area contributed by atoms with Gasteiger partial charge in [-0.25, -0.2) is 9.97 Å². The molecule has 3 rings (SSSR count). The Balaban J connectivity index is 1.61. The van der Waals surface area contributed by atoms with Crippen molar-refractivity contribution in [1.29, 1.82) is 0 Å². The standard InChI is InChI=1S/C21H29N5S/c1-27-16-9-5-3-2-4-8-14-25(18-26-15-10-13-24-26)21-19-11-6-7-12-20(19)22-17-23-21/h6-7,10-13,15,17H,2-5,8-9,14,16,18H2,1H3. The number of aromatic nitrogens is 4. The molecule has 0 atom stereocenters. The Morgan fingerprint density at radius 1 is 0.963 bits per heavy atom. The van der Waals surface area contributed by atoms with E-state index in [2.05, 4.69) is 38.4 Å². The lowest BCUT2D eigenvalue weighted by molar-refractivity contribution is 0.542. The minimum atomic E-state index is 0.710. The molecule has 0 N–H and O–H groups in total. The molecule has 0 aliphatic carbocycles. The molecule has 0 bridgehead atoms. The smallest absolute Gasteiger partial charge is 0.141 e. The summed E-state index contributed by atoms with van der Waals surface area (Å²) in [5.41, 5.74) is 0.988. The summed E-state index contributed by atoms with van der Waals surface area (Å²) in [6.45, 7) is 1.69. The second kappa shape index (κ2) is 10.9. The number of benzene rings is 1. The predicted octanol–water partition coefficient (Wildman–Crippen LogP) is 4.99. The van der Waals surface area contributed by atoms with Crippen molar-refractivity contribution in [2.75, 3.05) is 23.5 Å². The van der Waals surface area contributed by atoms with E-state index in [0.29, 0.717) is 6.67 Å². The Morgan fingerprint density at radius 3 is 2.59 bits per heavy atom. The van der Waals surface area contributed by atoms with Crippen LogP contribution in [0, 0.1) is 0 Å². The molecule has 3 aromatic rings. The second-order valence-electron chi connectivity index (χ2n) is 6.78. The maximum absolute atomic E-state index is 4.61. The molecular formula is C21H29N5S. The van der Waals surface area contributed by atoms with Crippen LogP contribution in [0.5, 0.6) is 0 Å². The van der Waals surface area contributed by atoms with Crippen molar-refractivity contribution < 1.29 is 0 Å². The van der Waals surface area contributed by atoms with Crippen molar-refractivity contribution in [1.82, 2.24) is 19.7 Å². The van der Waals surface area contributed by atoms with Gasteiger partial charge in [0.2, 0.25) is 0 Å². The van der Waals surface area contributed by atoms with Gasteiger partial charge in [0.05, 0.1) is 5.52 Å². The van der Waals surface area contributed by atoms with Crippen LogP contribution < -0.4 is 4.90 Å². The van der Waals surface area contributed by atoms with Crippen molar-refractivity contribution in [3.63, 3.8) is 0 Å².